The van der Waals surface area contributed by atoms with Gasteiger partial charge in [-0.1, -0.05) is 0 Å². The predicted molar refractivity (Wildman–Crippen MR) is 132 cm³/mol. The minimum Gasteiger partial charge on any atom is -0.493 e. The maximum Gasteiger partial charge on any atom is 0.325 e. The Kier molecular flexibility index (Phi) is 7.40. The summed E-state index contributed by atoms with van der Waals surface area (Å²) in [7, 11) is 4.46. The number of anilines is 1. The maximum absolute atomic E-state index is 12.9. The highest BCUT2D eigenvalue weighted by molar-refractivity contribution is 5.95. The van der Waals surface area contributed by atoms with E-state index in [0.29, 0.717) is 34.2 Å². The van der Waals surface area contributed by atoms with Gasteiger partial charge in [0.15, 0.2) is 11.5 Å². The molecule has 1 aliphatic rings. The van der Waals surface area contributed by atoms with Crippen LogP contribution in [-0.2, 0) is 9.53 Å². The zero-order chi connectivity index (χ0) is 24.9. The summed E-state index contributed by atoms with van der Waals surface area (Å²) in [6, 6.07) is 9.27. The van der Waals surface area contributed by atoms with E-state index in [9.17, 15) is 9.59 Å². The number of ether oxygens (including phenoxy) is 3. The second-order valence-corrected chi connectivity index (χ2v) is 8.54. The first-order valence-corrected chi connectivity index (χ1v) is 11.5. The predicted octanol–water partition coefficient (Wildman–Crippen LogP) is 2.60. The second kappa shape index (κ2) is 10.6. The van der Waals surface area contributed by atoms with Crippen LogP contribution < -0.4 is 25.8 Å². The van der Waals surface area contributed by atoms with Crippen LogP contribution in [-0.4, -0.2) is 61.2 Å². The third-order valence-electron chi connectivity index (χ3n) is 6.28. The van der Waals surface area contributed by atoms with Gasteiger partial charge in [0.2, 0.25) is 0 Å². The maximum atomic E-state index is 12.9. The molecule has 0 spiro atoms. The number of nitrogens with zero attached hydrogens (tertiary/aromatic N) is 2. The van der Waals surface area contributed by atoms with Gasteiger partial charge in [-0.25, -0.2) is 4.98 Å². The van der Waals surface area contributed by atoms with E-state index < -0.39 is 5.97 Å². The van der Waals surface area contributed by atoms with Crippen molar-refractivity contribution in [2.75, 3.05) is 33.2 Å². The van der Waals surface area contributed by atoms with E-state index in [1.54, 1.807) is 43.0 Å². The summed E-state index contributed by atoms with van der Waals surface area (Å²) in [5.74, 6) is 1.17. The monoisotopic (exact) mass is 481 g/mol. The first kappa shape index (κ1) is 24.3. The Morgan fingerprint density at radius 3 is 2.49 bits per heavy atom. The highest BCUT2D eigenvalue weighted by atomic mass is 16.5. The van der Waals surface area contributed by atoms with Gasteiger partial charge >= 0.3 is 5.97 Å². The van der Waals surface area contributed by atoms with Crippen LogP contribution in [0.5, 0.6) is 11.5 Å². The summed E-state index contributed by atoms with van der Waals surface area (Å²) in [5, 5.41) is 6.22. The number of carbonyl (C=O) groups excluding carboxylic acids is 2. The minimum absolute atomic E-state index is 0.0450. The number of imidazole rings is 1. The Balaban J connectivity index is 1.68. The fourth-order valence-electron chi connectivity index (χ4n) is 4.30. The van der Waals surface area contributed by atoms with Crippen molar-refractivity contribution in [3.8, 4) is 22.8 Å². The van der Waals surface area contributed by atoms with Crippen LogP contribution in [0.25, 0.3) is 16.9 Å². The zero-order valence-electron chi connectivity index (χ0n) is 20.2. The molecule has 10 nitrogen and oxygen atoms in total. The Hall–Kier alpha value is -3.79. The molecule has 0 atom stereocenters. The number of methoxy groups -OCH3 is 3. The number of nitrogens with two attached hydrogens (primary N) is 1. The topological polar surface area (TPSA) is 129 Å². The summed E-state index contributed by atoms with van der Waals surface area (Å²) < 4.78 is 17.4. The summed E-state index contributed by atoms with van der Waals surface area (Å²) in [5.41, 5.74) is 8.39. The second-order valence-electron chi connectivity index (χ2n) is 8.54. The lowest BCUT2D eigenvalue weighted by molar-refractivity contribution is -0.138. The molecule has 35 heavy (non-hydrogen) atoms. The van der Waals surface area contributed by atoms with Crippen molar-refractivity contribution < 1.29 is 23.8 Å². The number of hydrogen-bond donors (Lipinski definition) is 3. The fourth-order valence-corrected chi connectivity index (χ4v) is 4.30. The summed E-state index contributed by atoms with van der Waals surface area (Å²) in [6.45, 7) is -0.0450. The summed E-state index contributed by atoms with van der Waals surface area (Å²) in [6.07, 6.45) is 5.34. The van der Waals surface area contributed by atoms with E-state index in [1.807, 2.05) is 12.1 Å². The van der Waals surface area contributed by atoms with Crippen LogP contribution in [0.3, 0.4) is 0 Å². The lowest BCUT2D eigenvalue weighted by Crippen LogP contribution is -2.40. The van der Waals surface area contributed by atoms with E-state index in [1.165, 1.54) is 7.11 Å². The van der Waals surface area contributed by atoms with Crippen molar-refractivity contribution in [2.24, 2.45) is 5.73 Å². The third-order valence-corrected chi connectivity index (χ3v) is 6.28. The molecule has 1 aliphatic carbocycles. The molecule has 2 aromatic heterocycles. The first-order valence-electron chi connectivity index (χ1n) is 11.5. The van der Waals surface area contributed by atoms with Crippen molar-refractivity contribution in [3.63, 3.8) is 0 Å². The van der Waals surface area contributed by atoms with E-state index >= 15 is 0 Å². The molecule has 0 bridgehead atoms. The molecule has 0 radical (unpaired) electrons. The largest absolute Gasteiger partial charge is 0.493 e. The number of carbonyl (C=O) groups is 2. The third kappa shape index (κ3) is 5.32. The average Bonchev–Trinajstić information content (AvgIpc) is 3.25. The lowest BCUT2D eigenvalue weighted by atomic mass is 9.91. The molecule has 1 amide bonds. The van der Waals surface area contributed by atoms with Gasteiger partial charge in [0.1, 0.15) is 23.7 Å². The molecule has 10 heteroatoms. The van der Waals surface area contributed by atoms with E-state index in [0.717, 1.165) is 31.2 Å². The Morgan fingerprint density at radius 1 is 1.06 bits per heavy atom. The van der Waals surface area contributed by atoms with Gasteiger partial charge in [0.05, 0.1) is 21.3 Å². The molecule has 0 unspecified atom stereocenters. The van der Waals surface area contributed by atoms with Crippen molar-refractivity contribution in [2.45, 2.75) is 37.8 Å². The number of amides is 1. The van der Waals surface area contributed by atoms with Crippen molar-refractivity contribution in [1.29, 1.82) is 0 Å². The molecule has 2 heterocycles. The lowest BCUT2D eigenvalue weighted by Gasteiger charge is -2.26. The van der Waals surface area contributed by atoms with E-state index in [2.05, 4.69) is 10.6 Å². The van der Waals surface area contributed by atoms with Gasteiger partial charge in [0, 0.05) is 29.4 Å². The van der Waals surface area contributed by atoms with E-state index in [4.69, 9.17) is 24.9 Å². The highest BCUT2D eigenvalue weighted by Gasteiger charge is 2.22. The van der Waals surface area contributed by atoms with Gasteiger partial charge in [0.25, 0.3) is 5.91 Å². The fraction of sp³-hybridized carbons (Fsp3) is 0.400. The molecular formula is C25H31N5O5. The number of nitrogens with one attached hydrogen (secondary N) is 2. The Labute approximate surface area is 203 Å². The Bertz CT molecular complexity index is 1220. The van der Waals surface area contributed by atoms with Crippen LogP contribution in [0.1, 0.15) is 36.0 Å². The van der Waals surface area contributed by atoms with Gasteiger partial charge < -0.3 is 30.6 Å². The number of aromatic nitrogens is 2. The molecule has 0 aliphatic heterocycles. The van der Waals surface area contributed by atoms with Crippen LogP contribution in [0.4, 0.5) is 5.82 Å². The molecule has 4 rings (SSSR count). The first-order chi connectivity index (χ1) is 16.9. The van der Waals surface area contributed by atoms with Crippen LogP contribution in [0, 0.1) is 0 Å². The summed E-state index contributed by atoms with van der Waals surface area (Å²) in [4.78, 5) is 29.5. The van der Waals surface area contributed by atoms with Crippen LogP contribution >= 0.6 is 0 Å². The van der Waals surface area contributed by atoms with Gasteiger partial charge in [-0.3, -0.25) is 14.0 Å². The molecule has 4 N–H and O–H groups in total. The molecule has 3 aromatic rings. The van der Waals surface area contributed by atoms with Crippen LogP contribution in [0.15, 0.2) is 36.5 Å². The molecule has 0 saturated heterocycles. The number of rotatable bonds is 8. The molecule has 1 aromatic carbocycles. The number of fused-ring (bicyclic) bond motifs is 1. The van der Waals surface area contributed by atoms with Gasteiger partial charge in [-0.15, -0.1) is 0 Å². The molecule has 1 saturated carbocycles. The van der Waals surface area contributed by atoms with Crippen LogP contribution in [0.2, 0.25) is 0 Å². The quantitative estimate of drug-likeness (QED) is 0.419. The minimum atomic E-state index is -0.415. The zero-order valence-corrected chi connectivity index (χ0v) is 20.2. The SMILES string of the molecule is COC(=O)CNc1c(-c2ccc(OC)c(OC)c2)nc2cc(C(=O)NC3CCC(N)CC3)ccn12. The number of hydrogen-bond acceptors (Lipinski definition) is 8. The highest BCUT2D eigenvalue weighted by Crippen LogP contribution is 2.35. The average molecular weight is 482 g/mol. The number of benzene rings is 1. The smallest absolute Gasteiger partial charge is 0.325 e. The molecule has 186 valence electrons. The number of pyridine rings is 1. The molecular weight excluding hydrogens is 450 g/mol. The normalized spacial score (nSPS) is 17.6. The Morgan fingerprint density at radius 2 is 1.80 bits per heavy atom. The van der Waals surface area contributed by atoms with Gasteiger partial charge in [-0.05, 0) is 56.0 Å². The van der Waals surface area contributed by atoms with Crippen molar-refractivity contribution in [1.82, 2.24) is 14.7 Å². The van der Waals surface area contributed by atoms with Crippen molar-refractivity contribution in [3.05, 3.63) is 42.1 Å². The van der Waals surface area contributed by atoms with Gasteiger partial charge in [-0.2, -0.15) is 0 Å². The van der Waals surface area contributed by atoms with Crippen molar-refractivity contribution >= 4 is 23.3 Å². The summed E-state index contributed by atoms with van der Waals surface area (Å²) >= 11 is 0. The number of esters is 1. The standard InChI is InChI=1S/C25H31N5O5/c1-33-19-9-4-15(12-20(19)34-2)23-24(27-14-22(31)35-3)30-11-10-16(13-21(30)29-23)25(32)28-18-7-5-17(26)6-8-18/h4,9-13,17-18,27H,5-8,14,26H2,1-3H3,(H,28,32). The van der Waals surface area contributed by atoms with E-state index in [-0.39, 0.29) is 24.5 Å². The molecule has 1 fully saturated rings.